The Morgan fingerprint density at radius 3 is 3.17 bits per heavy atom. The molecule has 1 aliphatic rings. The molecule has 0 saturated carbocycles. The first kappa shape index (κ1) is 11.4. The quantitative estimate of drug-likeness (QED) is 0.866. The van der Waals surface area contributed by atoms with E-state index in [1.807, 2.05) is 12.1 Å². The number of thioether (sulfide) groups is 1. The zero-order valence-electron chi connectivity index (χ0n) is 9.43. The Kier molecular flexibility index (Phi) is 2.66. The molecular weight excluding hydrogens is 254 g/mol. The summed E-state index contributed by atoms with van der Waals surface area (Å²) in [7, 11) is 0. The third kappa shape index (κ3) is 2.03. The summed E-state index contributed by atoms with van der Waals surface area (Å²) in [6.07, 6.45) is 0.921. The highest BCUT2D eigenvalue weighted by Gasteiger charge is 2.22. The van der Waals surface area contributed by atoms with E-state index in [2.05, 4.69) is 4.98 Å². The Morgan fingerprint density at radius 1 is 1.56 bits per heavy atom. The summed E-state index contributed by atoms with van der Waals surface area (Å²) >= 11 is 1.62. The van der Waals surface area contributed by atoms with Gasteiger partial charge in [0.1, 0.15) is 0 Å². The Labute approximate surface area is 106 Å². The van der Waals surface area contributed by atoms with E-state index < -0.39 is 11.7 Å². The number of nitrogens with one attached hydrogen (secondary N) is 1. The number of oxazole rings is 1. The molecule has 5 nitrogen and oxygen atoms in total. The summed E-state index contributed by atoms with van der Waals surface area (Å²) in [6, 6.07) is 3.74. The van der Waals surface area contributed by atoms with Crippen LogP contribution in [0.3, 0.4) is 0 Å². The first-order valence-electron chi connectivity index (χ1n) is 5.62. The lowest BCUT2D eigenvalue weighted by atomic mass is 9.97. The topological polar surface area (TPSA) is 83.3 Å². The van der Waals surface area contributed by atoms with E-state index in [0.717, 1.165) is 22.6 Å². The molecule has 2 N–H and O–H groups in total. The summed E-state index contributed by atoms with van der Waals surface area (Å²) in [6.45, 7) is 0. The predicted octanol–water partition coefficient (Wildman–Crippen LogP) is 1.86. The molecule has 1 unspecified atom stereocenters. The van der Waals surface area contributed by atoms with Crippen molar-refractivity contribution in [1.82, 2.24) is 4.98 Å². The Hall–Kier alpha value is -1.69. The van der Waals surface area contributed by atoms with Crippen LogP contribution in [0.5, 0.6) is 0 Å². The monoisotopic (exact) mass is 265 g/mol. The maximum atomic E-state index is 11.1. The highest BCUT2D eigenvalue weighted by atomic mass is 32.2. The number of carbonyl (C=O) groups is 1. The van der Waals surface area contributed by atoms with Crippen LogP contribution in [0.2, 0.25) is 0 Å². The van der Waals surface area contributed by atoms with Crippen LogP contribution in [0.4, 0.5) is 0 Å². The highest BCUT2D eigenvalue weighted by Crippen LogP contribution is 2.36. The minimum Gasteiger partial charge on any atom is -0.481 e. The van der Waals surface area contributed by atoms with Crippen molar-refractivity contribution in [2.24, 2.45) is 5.92 Å². The van der Waals surface area contributed by atoms with E-state index >= 15 is 0 Å². The lowest BCUT2D eigenvalue weighted by Crippen LogP contribution is -2.17. The van der Waals surface area contributed by atoms with Crippen LogP contribution in [-0.2, 0) is 11.2 Å². The van der Waals surface area contributed by atoms with E-state index in [1.54, 1.807) is 11.8 Å². The summed E-state index contributed by atoms with van der Waals surface area (Å²) in [5.74, 6) is -0.281. The van der Waals surface area contributed by atoms with Gasteiger partial charge in [0.25, 0.3) is 0 Å². The molecular formula is C12H11NO4S. The molecule has 0 spiro atoms. The number of H-pyrrole nitrogens is 1. The van der Waals surface area contributed by atoms with Crippen LogP contribution >= 0.6 is 11.8 Å². The number of carboxylic acid groups (broad SMARTS) is 1. The first-order chi connectivity index (χ1) is 8.61. The van der Waals surface area contributed by atoms with Gasteiger partial charge in [0.05, 0.1) is 5.52 Å². The van der Waals surface area contributed by atoms with Crippen LogP contribution in [0.15, 0.2) is 26.2 Å². The van der Waals surface area contributed by atoms with Crippen molar-refractivity contribution in [2.45, 2.75) is 17.7 Å². The van der Waals surface area contributed by atoms with E-state index in [4.69, 9.17) is 9.52 Å². The Balaban J connectivity index is 1.97. The van der Waals surface area contributed by atoms with Crippen molar-refractivity contribution in [3.8, 4) is 0 Å². The van der Waals surface area contributed by atoms with E-state index in [-0.39, 0.29) is 12.3 Å². The number of hydrogen-bond acceptors (Lipinski definition) is 4. The highest BCUT2D eigenvalue weighted by molar-refractivity contribution is 7.99. The number of benzene rings is 1. The molecule has 2 heterocycles. The average Bonchev–Trinajstić information content (AvgIpc) is 2.64. The summed E-state index contributed by atoms with van der Waals surface area (Å²) in [5, 5.41) is 8.82. The lowest BCUT2D eigenvalue weighted by molar-refractivity contribution is -0.137. The SMILES string of the molecule is O=C(O)CC1CSc2cc3oc(=O)[nH]c3cc2C1. The van der Waals surface area contributed by atoms with Gasteiger partial charge in [-0.05, 0) is 30.0 Å². The smallest absolute Gasteiger partial charge is 0.417 e. The van der Waals surface area contributed by atoms with Crippen LogP contribution in [-0.4, -0.2) is 21.8 Å². The van der Waals surface area contributed by atoms with Gasteiger partial charge in [-0.1, -0.05) is 0 Å². The Bertz CT molecular complexity index is 672. The molecule has 6 heteroatoms. The zero-order valence-corrected chi connectivity index (χ0v) is 10.3. The molecule has 1 aliphatic heterocycles. The maximum absolute atomic E-state index is 11.1. The number of rotatable bonds is 2. The number of hydrogen-bond donors (Lipinski definition) is 2. The fraction of sp³-hybridized carbons (Fsp3) is 0.333. The number of fused-ring (bicyclic) bond motifs is 2. The molecule has 0 saturated heterocycles. The molecule has 18 heavy (non-hydrogen) atoms. The normalized spacial score (nSPS) is 18.8. The standard InChI is InChI=1S/C12H11NO4S/c14-11(15)2-6-1-7-3-8-9(17-12(16)13-8)4-10(7)18-5-6/h3-4,6H,1-2,5H2,(H,13,16)(H,14,15). The van der Waals surface area contributed by atoms with Gasteiger partial charge in [0.15, 0.2) is 5.58 Å². The van der Waals surface area contributed by atoms with Crippen molar-refractivity contribution < 1.29 is 14.3 Å². The first-order valence-corrected chi connectivity index (χ1v) is 6.61. The summed E-state index contributed by atoms with van der Waals surface area (Å²) in [4.78, 5) is 25.5. The molecule has 2 aromatic rings. The molecule has 94 valence electrons. The van der Waals surface area contributed by atoms with E-state index in [1.165, 1.54) is 0 Å². The molecule has 1 atom stereocenters. The fourth-order valence-corrected chi connectivity index (χ4v) is 3.44. The third-order valence-electron chi connectivity index (χ3n) is 3.05. The molecule has 1 aromatic heterocycles. The van der Waals surface area contributed by atoms with Gasteiger partial charge < -0.3 is 9.52 Å². The van der Waals surface area contributed by atoms with Gasteiger partial charge in [-0.25, -0.2) is 4.79 Å². The van der Waals surface area contributed by atoms with Crippen molar-refractivity contribution in [3.63, 3.8) is 0 Å². The van der Waals surface area contributed by atoms with Gasteiger partial charge in [-0.15, -0.1) is 11.8 Å². The predicted molar refractivity (Wildman–Crippen MR) is 67.0 cm³/mol. The second kappa shape index (κ2) is 4.20. The molecule has 0 amide bonds. The second-order valence-electron chi connectivity index (χ2n) is 4.45. The second-order valence-corrected chi connectivity index (χ2v) is 5.51. The lowest BCUT2D eigenvalue weighted by Gasteiger charge is -2.22. The van der Waals surface area contributed by atoms with Crippen molar-refractivity contribution in [3.05, 3.63) is 28.2 Å². The minimum atomic E-state index is -0.762. The number of aromatic nitrogens is 1. The van der Waals surface area contributed by atoms with Gasteiger partial charge in [-0.3, -0.25) is 9.78 Å². The van der Waals surface area contributed by atoms with Crippen LogP contribution in [0.1, 0.15) is 12.0 Å². The van der Waals surface area contributed by atoms with Crippen molar-refractivity contribution in [1.29, 1.82) is 0 Å². The minimum absolute atomic E-state index is 0.149. The van der Waals surface area contributed by atoms with Crippen LogP contribution < -0.4 is 5.76 Å². The molecule has 1 aromatic carbocycles. The Morgan fingerprint density at radius 2 is 2.39 bits per heavy atom. The molecule has 0 bridgehead atoms. The summed E-state index contributed by atoms with van der Waals surface area (Å²) < 4.78 is 5.01. The number of carboxylic acids is 1. The molecule has 3 rings (SSSR count). The maximum Gasteiger partial charge on any atom is 0.417 e. The fourth-order valence-electron chi connectivity index (χ4n) is 2.27. The van der Waals surface area contributed by atoms with Gasteiger partial charge in [0, 0.05) is 17.1 Å². The van der Waals surface area contributed by atoms with Crippen molar-refractivity contribution >= 4 is 28.8 Å². The zero-order chi connectivity index (χ0) is 12.7. The summed E-state index contributed by atoms with van der Waals surface area (Å²) in [5.41, 5.74) is 2.32. The third-order valence-corrected chi connectivity index (χ3v) is 4.38. The van der Waals surface area contributed by atoms with E-state index in [9.17, 15) is 9.59 Å². The van der Waals surface area contributed by atoms with Crippen LogP contribution in [0.25, 0.3) is 11.1 Å². The molecule has 0 fully saturated rings. The number of aliphatic carboxylic acids is 1. The molecule has 0 radical (unpaired) electrons. The molecule has 0 aliphatic carbocycles. The number of aromatic amines is 1. The van der Waals surface area contributed by atoms with E-state index in [0.29, 0.717) is 11.1 Å². The van der Waals surface area contributed by atoms with Gasteiger partial charge in [-0.2, -0.15) is 0 Å². The van der Waals surface area contributed by atoms with Crippen molar-refractivity contribution in [2.75, 3.05) is 5.75 Å². The van der Waals surface area contributed by atoms with Gasteiger partial charge >= 0.3 is 11.7 Å². The average molecular weight is 265 g/mol. The largest absolute Gasteiger partial charge is 0.481 e. The van der Waals surface area contributed by atoms with Gasteiger partial charge in [0.2, 0.25) is 0 Å². The van der Waals surface area contributed by atoms with Crippen LogP contribution in [0, 0.1) is 5.92 Å².